The normalized spacial score (nSPS) is 12.1. The molecule has 2 aromatic rings. The van der Waals surface area contributed by atoms with Crippen LogP contribution in [0, 0.1) is 6.92 Å². The second-order valence-electron chi connectivity index (χ2n) is 5.43. The van der Waals surface area contributed by atoms with Crippen LogP contribution in [0.4, 0.5) is 11.4 Å². The van der Waals surface area contributed by atoms with E-state index in [4.69, 9.17) is 23.2 Å². The van der Waals surface area contributed by atoms with Crippen molar-refractivity contribution in [2.24, 2.45) is 0 Å². The molecule has 0 saturated carbocycles. The molecule has 1 atom stereocenters. The number of hydrogen-bond donors (Lipinski definition) is 1. The van der Waals surface area contributed by atoms with Crippen LogP contribution in [0.5, 0.6) is 0 Å². The van der Waals surface area contributed by atoms with Crippen LogP contribution < -0.4 is 10.2 Å². The number of nitrogens with zero attached hydrogens (tertiary/aromatic N) is 1. The fourth-order valence-electron chi connectivity index (χ4n) is 2.25. The highest BCUT2D eigenvalue weighted by Crippen LogP contribution is 2.30. The molecule has 2 nitrogen and oxygen atoms in total. The maximum atomic E-state index is 6.27. The fourth-order valence-corrected chi connectivity index (χ4v) is 2.82. The van der Waals surface area contributed by atoms with Crippen molar-refractivity contribution in [3.05, 3.63) is 57.6 Å². The summed E-state index contributed by atoms with van der Waals surface area (Å²) in [7, 11) is 4.08. The van der Waals surface area contributed by atoms with Crippen molar-refractivity contribution < 1.29 is 0 Å². The van der Waals surface area contributed by atoms with Gasteiger partial charge in [-0.25, -0.2) is 0 Å². The molecular formula is C17H20Cl2N2. The molecule has 0 heterocycles. The third-order valence-electron chi connectivity index (χ3n) is 3.53. The largest absolute Gasteiger partial charge is 0.378 e. The van der Waals surface area contributed by atoms with Gasteiger partial charge in [-0.1, -0.05) is 29.3 Å². The lowest BCUT2D eigenvalue weighted by Crippen LogP contribution is -2.11. The van der Waals surface area contributed by atoms with Gasteiger partial charge in [0.2, 0.25) is 0 Å². The van der Waals surface area contributed by atoms with Crippen LogP contribution in [0.1, 0.15) is 24.1 Å². The highest BCUT2D eigenvalue weighted by Gasteiger charge is 2.11. The summed E-state index contributed by atoms with van der Waals surface area (Å²) in [4.78, 5) is 2.09. The van der Waals surface area contributed by atoms with Gasteiger partial charge in [-0.05, 0) is 55.3 Å². The van der Waals surface area contributed by atoms with Crippen LogP contribution in [0.15, 0.2) is 36.4 Å². The molecule has 4 heteroatoms. The summed E-state index contributed by atoms with van der Waals surface area (Å²) in [5, 5.41) is 4.85. The van der Waals surface area contributed by atoms with E-state index >= 15 is 0 Å². The van der Waals surface area contributed by atoms with Gasteiger partial charge in [0.05, 0.1) is 6.04 Å². The summed E-state index contributed by atoms with van der Waals surface area (Å²) in [6.45, 7) is 4.19. The first-order valence-electron chi connectivity index (χ1n) is 6.88. The zero-order valence-corrected chi connectivity index (χ0v) is 14.3. The minimum atomic E-state index is 0.110. The Labute approximate surface area is 136 Å². The molecule has 21 heavy (non-hydrogen) atoms. The first-order valence-corrected chi connectivity index (χ1v) is 7.63. The van der Waals surface area contributed by atoms with E-state index in [9.17, 15) is 0 Å². The van der Waals surface area contributed by atoms with Crippen LogP contribution in [0.3, 0.4) is 0 Å². The summed E-state index contributed by atoms with van der Waals surface area (Å²) in [6.07, 6.45) is 0. The first-order chi connectivity index (χ1) is 9.88. The van der Waals surface area contributed by atoms with Gasteiger partial charge in [-0.15, -0.1) is 0 Å². The zero-order chi connectivity index (χ0) is 15.6. The van der Waals surface area contributed by atoms with Gasteiger partial charge in [0.25, 0.3) is 0 Å². The van der Waals surface area contributed by atoms with Gasteiger partial charge >= 0.3 is 0 Å². The van der Waals surface area contributed by atoms with Gasteiger partial charge in [-0.2, -0.15) is 0 Å². The Morgan fingerprint density at radius 2 is 1.76 bits per heavy atom. The van der Waals surface area contributed by atoms with Crippen molar-refractivity contribution in [1.82, 2.24) is 0 Å². The summed E-state index contributed by atoms with van der Waals surface area (Å²) < 4.78 is 0. The molecule has 0 amide bonds. The molecule has 0 fully saturated rings. The molecule has 2 aromatic carbocycles. The predicted octanol–water partition coefficient (Wildman–Crippen LogP) is 5.54. The van der Waals surface area contributed by atoms with E-state index in [2.05, 4.69) is 42.3 Å². The third kappa shape index (κ3) is 3.84. The molecule has 0 bridgehead atoms. The Morgan fingerprint density at radius 3 is 2.33 bits per heavy atom. The van der Waals surface area contributed by atoms with Gasteiger partial charge in [0.15, 0.2) is 0 Å². The Balaban J connectivity index is 2.21. The Hall–Kier alpha value is -1.38. The summed E-state index contributed by atoms with van der Waals surface area (Å²) in [5.41, 5.74) is 4.55. The molecule has 1 unspecified atom stereocenters. The molecule has 0 aromatic heterocycles. The number of hydrogen-bond acceptors (Lipinski definition) is 2. The predicted molar refractivity (Wildman–Crippen MR) is 94.0 cm³/mol. The average molecular weight is 323 g/mol. The number of benzene rings is 2. The standard InChI is InChI=1S/C17H20Cl2N2/c1-11-9-14(21(3)4)6-8-17(11)20-12(2)15-7-5-13(18)10-16(15)19/h5-10,12,20H,1-4H3. The highest BCUT2D eigenvalue weighted by molar-refractivity contribution is 6.35. The zero-order valence-electron chi connectivity index (χ0n) is 12.7. The minimum absolute atomic E-state index is 0.110. The number of aryl methyl sites for hydroxylation is 1. The van der Waals surface area contributed by atoms with Crippen molar-refractivity contribution in [1.29, 1.82) is 0 Å². The van der Waals surface area contributed by atoms with Crippen LogP contribution in [-0.4, -0.2) is 14.1 Å². The average Bonchev–Trinajstić information content (AvgIpc) is 2.40. The smallest absolute Gasteiger partial charge is 0.0500 e. The van der Waals surface area contributed by atoms with Crippen LogP contribution >= 0.6 is 23.2 Å². The molecule has 0 spiro atoms. The molecule has 1 N–H and O–H groups in total. The number of anilines is 2. The maximum Gasteiger partial charge on any atom is 0.0500 e. The van der Waals surface area contributed by atoms with E-state index in [1.54, 1.807) is 6.07 Å². The van der Waals surface area contributed by atoms with Crippen LogP contribution in [-0.2, 0) is 0 Å². The first kappa shape index (κ1) is 16.0. The lowest BCUT2D eigenvalue weighted by molar-refractivity contribution is 0.883. The van der Waals surface area contributed by atoms with E-state index in [0.717, 1.165) is 11.3 Å². The molecular weight excluding hydrogens is 303 g/mol. The summed E-state index contributed by atoms with van der Waals surface area (Å²) in [5.74, 6) is 0. The summed E-state index contributed by atoms with van der Waals surface area (Å²) in [6, 6.07) is 12.1. The quantitative estimate of drug-likeness (QED) is 0.794. The molecule has 112 valence electrons. The van der Waals surface area contributed by atoms with Crippen molar-refractivity contribution in [2.45, 2.75) is 19.9 Å². The number of halogens is 2. The molecule has 0 aliphatic carbocycles. The van der Waals surface area contributed by atoms with Gasteiger partial charge in [-0.3, -0.25) is 0 Å². The van der Waals surface area contributed by atoms with E-state index in [0.29, 0.717) is 10.0 Å². The lowest BCUT2D eigenvalue weighted by Gasteiger charge is -2.20. The summed E-state index contributed by atoms with van der Waals surface area (Å²) >= 11 is 12.2. The van der Waals surface area contributed by atoms with E-state index in [-0.39, 0.29) is 6.04 Å². The Morgan fingerprint density at radius 1 is 1.05 bits per heavy atom. The van der Waals surface area contributed by atoms with E-state index in [1.807, 2.05) is 26.2 Å². The van der Waals surface area contributed by atoms with Gasteiger partial charge in [0, 0.05) is 35.5 Å². The van der Waals surface area contributed by atoms with Crippen molar-refractivity contribution in [3.63, 3.8) is 0 Å². The van der Waals surface area contributed by atoms with E-state index in [1.165, 1.54) is 11.3 Å². The number of rotatable bonds is 4. The molecule has 0 aliphatic heterocycles. The third-order valence-corrected chi connectivity index (χ3v) is 4.09. The maximum absolute atomic E-state index is 6.27. The fraction of sp³-hybridized carbons (Fsp3) is 0.294. The number of nitrogens with one attached hydrogen (secondary N) is 1. The molecule has 2 rings (SSSR count). The van der Waals surface area contributed by atoms with E-state index < -0.39 is 0 Å². The van der Waals surface area contributed by atoms with Crippen molar-refractivity contribution in [2.75, 3.05) is 24.3 Å². The van der Waals surface area contributed by atoms with Crippen molar-refractivity contribution in [3.8, 4) is 0 Å². The van der Waals surface area contributed by atoms with Crippen LogP contribution in [0.25, 0.3) is 0 Å². The SMILES string of the molecule is Cc1cc(N(C)C)ccc1NC(C)c1ccc(Cl)cc1Cl. The van der Waals surface area contributed by atoms with Gasteiger partial charge < -0.3 is 10.2 Å². The Bertz CT molecular complexity index is 639. The Kier molecular flexibility index (Phi) is 5.02. The monoisotopic (exact) mass is 322 g/mol. The molecule has 0 saturated heterocycles. The lowest BCUT2D eigenvalue weighted by atomic mass is 10.1. The minimum Gasteiger partial charge on any atom is -0.378 e. The van der Waals surface area contributed by atoms with Gasteiger partial charge in [0.1, 0.15) is 0 Å². The molecule has 0 aliphatic rings. The second kappa shape index (κ2) is 6.59. The highest BCUT2D eigenvalue weighted by atomic mass is 35.5. The second-order valence-corrected chi connectivity index (χ2v) is 6.27. The molecule has 0 radical (unpaired) electrons. The van der Waals surface area contributed by atoms with Crippen molar-refractivity contribution >= 4 is 34.6 Å². The van der Waals surface area contributed by atoms with Crippen LogP contribution in [0.2, 0.25) is 10.0 Å². The topological polar surface area (TPSA) is 15.3 Å².